The molecule has 0 aliphatic carbocycles. The fourth-order valence-corrected chi connectivity index (χ4v) is 4.39. The number of benzene rings is 3. The number of para-hydroxylation sites is 1. The predicted octanol–water partition coefficient (Wildman–Crippen LogP) is 6.22. The Morgan fingerprint density at radius 2 is 1.55 bits per heavy atom. The van der Waals surface area contributed by atoms with Gasteiger partial charge in [-0.3, -0.25) is 14.9 Å². The summed E-state index contributed by atoms with van der Waals surface area (Å²) in [7, 11) is 0. The molecule has 0 unspecified atom stereocenters. The quantitative estimate of drug-likeness (QED) is 0.240. The number of nitro benzene ring substituents is 1. The summed E-state index contributed by atoms with van der Waals surface area (Å²) in [6.45, 7) is 0. The second-order valence-corrected chi connectivity index (χ2v) is 8.24. The summed E-state index contributed by atoms with van der Waals surface area (Å²) in [5, 5.41) is 18.5. The molecule has 4 aromatic rings. The minimum atomic E-state index is -0.501. The van der Waals surface area contributed by atoms with Gasteiger partial charge < -0.3 is 5.32 Å². The van der Waals surface area contributed by atoms with E-state index in [0.717, 1.165) is 11.3 Å². The standard InChI is InChI=1S/C22H14Br2N4O3/c23-18-11-16(28(30)31)12-19(24)21(18)25-22(29)17-13-27(15-9-5-2-6-10-15)26-20(17)14-7-3-1-4-8-14/h1-13H,(H,25,29). The SMILES string of the molecule is O=C(Nc1c(Br)cc([N+](=O)[O-])cc1Br)c1cn(-c2ccccc2)nc1-c1ccccc1. The molecule has 4 rings (SSSR count). The Morgan fingerprint density at radius 3 is 2.13 bits per heavy atom. The van der Waals surface area contributed by atoms with Crippen molar-refractivity contribution in [1.82, 2.24) is 9.78 Å². The predicted molar refractivity (Wildman–Crippen MR) is 125 cm³/mol. The number of amides is 1. The Kier molecular flexibility index (Phi) is 5.97. The number of nitro groups is 1. The van der Waals surface area contributed by atoms with Crippen LogP contribution in [0.3, 0.4) is 0 Å². The van der Waals surface area contributed by atoms with E-state index in [2.05, 4.69) is 42.3 Å². The molecule has 0 spiro atoms. The molecule has 0 fully saturated rings. The molecule has 0 aliphatic rings. The highest BCUT2D eigenvalue weighted by Crippen LogP contribution is 2.36. The Labute approximate surface area is 194 Å². The lowest BCUT2D eigenvalue weighted by atomic mass is 10.1. The van der Waals surface area contributed by atoms with E-state index in [1.54, 1.807) is 10.9 Å². The maximum absolute atomic E-state index is 13.2. The lowest BCUT2D eigenvalue weighted by Crippen LogP contribution is -2.13. The van der Waals surface area contributed by atoms with Crippen LogP contribution < -0.4 is 5.32 Å². The van der Waals surface area contributed by atoms with Crippen molar-refractivity contribution in [3.05, 3.63) is 104 Å². The van der Waals surface area contributed by atoms with Gasteiger partial charge in [-0.2, -0.15) is 5.10 Å². The summed E-state index contributed by atoms with van der Waals surface area (Å²) in [5.41, 5.74) is 2.80. The fraction of sp³-hybridized carbons (Fsp3) is 0. The van der Waals surface area contributed by atoms with Crippen LogP contribution >= 0.6 is 31.9 Å². The average molecular weight is 542 g/mol. The summed E-state index contributed by atoms with van der Waals surface area (Å²) >= 11 is 6.61. The summed E-state index contributed by atoms with van der Waals surface area (Å²) in [5.74, 6) is -0.392. The van der Waals surface area contributed by atoms with E-state index in [9.17, 15) is 14.9 Å². The van der Waals surface area contributed by atoms with Crippen LogP contribution in [0.15, 0.2) is 87.9 Å². The topological polar surface area (TPSA) is 90.1 Å². The third-order valence-electron chi connectivity index (χ3n) is 4.50. The minimum absolute atomic E-state index is 0.0985. The van der Waals surface area contributed by atoms with Gasteiger partial charge in [-0.1, -0.05) is 48.5 Å². The lowest BCUT2D eigenvalue weighted by Gasteiger charge is -2.10. The zero-order valence-electron chi connectivity index (χ0n) is 15.8. The molecule has 1 amide bonds. The van der Waals surface area contributed by atoms with Gasteiger partial charge in [-0.05, 0) is 44.0 Å². The zero-order valence-corrected chi connectivity index (χ0v) is 19.0. The summed E-state index contributed by atoms with van der Waals surface area (Å²) in [6.07, 6.45) is 1.67. The first-order chi connectivity index (χ1) is 14.9. The van der Waals surface area contributed by atoms with Crippen LogP contribution in [0.4, 0.5) is 11.4 Å². The normalized spacial score (nSPS) is 10.6. The molecule has 0 aliphatic heterocycles. The number of carbonyl (C=O) groups is 1. The maximum Gasteiger partial charge on any atom is 0.271 e. The van der Waals surface area contributed by atoms with Crippen molar-refractivity contribution in [2.24, 2.45) is 0 Å². The number of hydrogen-bond acceptors (Lipinski definition) is 4. The van der Waals surface area contributed by atoms with E-state index in [0.29, 0.717) is 25.9 Å². The number of non-ortho nitro benzene ring substituents is 1. The van der Waals surface area contributed by atoms with E-state index in [4.69, 9.17) is 0 Å². The van der Waals surface area contributed by atoms with Crippen molar-refractivity contribution >= 4 is 49.1 Å². The number of halogens is 2. The Morgan fingerprint density at radius 1 is 0.968 bits per heavy atom. The van der Waals surface area contributed by atoms with Gasteiger partial charge in [0.1, 0.15) is 5.69 Å². The number of nitrogens with zero attached hydrogens (tertiary/aromatic N) is 3. The third kappa shape index (κ3) is 4.42. The molecule has 1 N–H and O–H groups in total. The fourth-order valence-electron chi connectivity index (χ4n) is 3.03. The molecule has 1 aromatic heterocycles. The van der Waals surface area contributed by atoms with Crippen molar-refractivity contribution in [3.8, 4) is 16.9 Å². The number of nitrogens with one attached hydrogen (secondary N) is 1. The molecule has 0 bridgehead atoms. The highest BCUT2D eigenvalue weighted by Gasteiger charge is 2.22. The molecule has 3 aromatic carbocycles. The van der Waals surface area contributed by atoms with Crippen LogP contribution in [0.25, 0.3) is 16.9 Å². The van der Waals surface area contributed by atoms with Crippen molar-refractivity contribution in [3.63, 3.8) is 0 Å². The molecule has 0 saturated carbocycles. The van der Waals surface area contributed by atoms with Crippen molar-refractivity contribution in [2.45, 2.75) is 0 Å². The maximum atomic E-state index is 13.2. The average Bonchev–Trinajstić information content (AvgIpc) is 3.23. The first-order valence-electron chi connectivity index (χ1n) is 9.09. The van der Waals surface area contributed by atoms with E-state index in [1.165, 1.54) is 12.1 Å². The van der Waals surface area contributed by atoms with E-state index in [-0.39, 0.29) is 5.69 Å². The molecule has 0 atom stereocenters. The number of carbonyl (C=O) groups excluding carboxylic acids is 1. The second kappa shape index (κ2) is 8.83. The van der Waals surface area contributed by atoms with Gasteiger partial charge in [0, 0.05) is 32.8 Å². The Hall–Kier alpha value is -3.30. The van der Waals surface area contributed by atoms with Gasteiger partial charge in [-0.15, -0.1) is 0 Å². The van der Waals surface area contributed by atoms with Gasteiger partial charge >= 0.3 is 0 Å². The molecule has 0 saturated heterocycles. The number of anilines is 1. The first kappa shape index (κ1) is 21.0. The van der Waals surface area contributed by atoms with Crippen molar-refractivity contribution in [2.75, 3.05) is 5.32 Å². The third-order valence-corrected chi connectivity index (χ3v) is 5.75. The largest absolute Gasteiger partial charge is 0.320 e. The zero-order chi connectivity index (χ0) is 22.0. The van der Waals surface area contributed by atoms with Crippen LogP contribution in [0.1, 0.15) is 10.4 Å². The van der Waals surface area contributed by atoms with Crippen molar-refractivity contribution in [1.29, 1.82) is 0 Å². The Bertz CT molecular complexity index is 1250. The highest BCUT2D eigenvalue weighted by atomic mass is 79.9. The Balaban J connectivity index is 1.76. The van der Waals surface area contributed by atoms with Crippen LogP contribution in [0.5, 0.6) is 0 Å². The molecular weight excluding hydrogens is 528 g/mol. The molecule has 31 heavy (non-hydrogen) atoms. The lowest BCUT2D eigenvalue weighted by molar-refractivity contribution is -0.385. The van der Waals surface area contributed by atoms with E-state index < -0.39 is 10.8 Å². The van der Waals surface area contributed by atoms with Gasteiger partial charge in [-0.25, -0.2) is 4.68 Å². The van der Waals surface area contributed by atoms with Gasteiger partial charge in [0.05, 0.1) is 21.9 Å². The summed E-state index contributed by atoms with van der Waals surface area (Å²) < 4.78 is 2.43. The van der Waals surface area contributed by atoms with Crippen LogP contribution in [-0.2, 0) is 0 Å². The second-order valence-electron chi connectivity index (χ2n) is 6.53. The van der Waals surface area contributed by atoms with Gasteiger partial charge in [0.2, 0.25) is 0 Å². The van der Waals surface area contributed by atoms with Crippen LogP contribution in [0.2, 0.25) is 0 Å². The van der Waals surface area contributed by atoms with Crippen molar-refractivity contribution < 1.29 is 9.72 Å². The number of rotatable bonds is 5. The van der Waals surface area contributed by atoms with E-state index >= 15 is 0 Å². The summed E-state index contributed by atoms with van der Waals surface area (Å²) in [4.78, 5) is 23.8. The molecule has 0 radical (unpaired) electrons. The van der Waals surface area contributed by atoms with Gasteiger partial charge in [0.25, 0.3) is 11.6 Å². The monoisotopic (exact) mass is 540 g/mol. The molecule has 154 valence electrons. The first-order valence-corrected chi connectivity index (χ1v) is 10.7. The molecule has 9 heteroatoms. The molecule has 1 heterocycles. The van der Waals surface area contributed by atoms with Crippen LogP contribution in [-0.4, -0.2) is 20.6 Å². The number of hydrogen-bond donors (Lipinski definition) is 1. The van der Waals surface area contributed by atoms with E-state index in [1.807, 2.05) is 60.7 Å². The van der Waals surface area contributed by atoms with Gasteiger partial charge in [0.15, 0.2) is 0 Å². The number of aromatic nitrogens is 2. The molecule has 7 nitrogen and oxygen atoms in total. The van der Waals surface area contributed by atoms with Crippen LogP contribution in [0, 0.1) is 10.1 Å². The highest BCUT2D eigenvalue weighted by molar-refractivity contribution is 9.11. The smallest absolute Gasteiger partial charge is 0.271 e. The molecular formula is C22H14Br2N4O3. The minimum Gasteiger partial charge on any atom is -0.320 e. The summed E-state index contributed by atoms with van der Waals surface area (Å²) in [6, 6.07) is 21.6.